The summed E-state index contributed by atoms with van der Waals surface area (Å²) in [6.45, 7) is 3.17. The van der Waals surface area contributed by atoms with Gasteiger partial charge in [-0.15, -0.1) is 5.10 Å². The first-order chi connectivity index (χ1) is 13.2. The van der Waals surface area contributed by atoms with Crippen LogP contribution in [0.3, 0.4) is 0 Å². The molecule has 0 amide bonds. The number of thioether (sulfide) groups is 1. The lowest BCUT2D eigenvalue weighted by Crippen LogP contribution is -2.06. The number of nitrogens with zero attached hydrogens (tertiary/aromatic N) is 2. The van der Waals surface area contributed by atoms with Crippen molar-refractivity contribution in [2.75, 3.05) is 6.61 Å². The number of rotatable bonds is 10. The van der Waals surface area contributed by atoms with Crippen molar-refractivity contribution in [1.29, 1.82) is 0 Å². The molecule has 2 rings (SSSR count). The molecule has 144 valence electrons. The van der Waals surface area contributed by atoms with Gasteiger partial charge in [-0.25, -0.2) is 4.39 Å². The summed E-state index contributed by atoms with van der Waals surface area (Å²) < 4.78 is 19.2. The van der Waals surface area contributed by atoms with Crippen LogP contribution in [0.2, 0.25) is 0 Å². The number of halogens is 1. The summed E-state index contributed by atoms with van der Waals surface area (Å²) >= 11 is 1.42. The van der Waals surface area contributed by atoms with Crippen LogP contribution in [0.25, 0.3) is 0 Å². The molecule has 2 aromatic rings. The van der Waals surface area contributed by atoms with Crippen LogP contribution in [-0.2, 0) is 17.1 Å². The first-order valence-corrected chi connectivity index (χ1v) is 10.1. The van der Waals surface area contributed by atoms with E-state index in [0.29, 0.717) is 18.4 Å². The van der Waals surface area contributed by atoms with Gasteiger partial charge >= 0.3 is 0 Å². The van der Waals surface area contributed by atoms with Crippen molar-refractivity contribution in [1.82, 2.24) is 0 Å². The highest BCUT2D eigenvalue weighted by Gasteiger charge is 2.03. The number of benzene rings is 2. The second-order valence-electron chi connectivity index (χ2n) is 6.06. The van der Waals surface area contributed by atoms with Crippen molar-refractivity contribution in [2.45, 2.75) is 38.5 Å². The van der Waals surface area contributed by atoms with Gasteiger partial charge in [0, 0.05) is 17.9 Å². The van der Waals surface area contributed by atoms with Crippen LogP contribution in [0, 0.1) is 5.82 Å². The predicted octanol–water partition coefficient (Wildman–Crippen LogP) is 5.11. The van der Waals surface area contributed by atoms with E-state index in [1.165, 1.54) is 29.5 Å². The lowest BCUT2D eigenvalue weighted by Gasteiger charge is -2.07. The van der Waals surface area contributed by atoms with Gasteiger partial charge in [0.05, 0.1) is 12.8 Å². The summed E-state index contributed by atoms with van der Waals surface area (Å²) in [4.78, 5) is 0. The Labute approximate surface area is 164 Å². The molecule has 0 saturated heterocycles. The molecule has 0 heterocycles. The summed E-state index contributed by atoms with van der Waals surface area (Å²) in [5, 5.41) is 8.44. The molecule has 0 aliphatic rings. The zero-order valence-corrected chi connectivity index (χ0v) is 16.4. The number of hydrogen-bond acceptors (Lipinski definition) is 4. The van der Waals surface area contributed by atoms with E-state index < -0.39 is 0 Å². The van der Waals surface area contributed by atoms with Crippen LogP contribution in [0.5, 0.6) is 0 Å². The molecule has 0 saturated carbocycles. The van der Waals surface area contributed by atoms with Crippen molar-refractivity contribution in [3.63, 3.8) is 0 Å². The Kier molecular flexibility index (Phi) is 9.58. The van der Waals surface area contributed by atoms with E-state index in [2.05, 4.69) is 17.1 Å². The summed E-state index contributed by atoms with van der Waals surface area (Å²) in [7, 11) is 0. The second-order valence-corrected chi connectivity index (χ2v) is 7.06. The summed E-state index contributed by atoms with van der Waals surface area (Å²) in [5.74, 6) is 0.444. The van der Waals surface area contributed by atoms with Gasteiger partial charge in [0.1, 0.15) is 5.82 Å². The lowest BCUT2D eigenvalue weighted by molar-refractivity contribution is 0.117. The molecule has 0 aliphatic carbocycles. The number of hydrogen-bond donors (Lipinski definition) is 1. The molecule has 4 nitrogen and oxygen atoms in total. The molecule has 6 heteroatoms. The molecule has 0 unspecified atom stereocenters. The Morgan fingerprint density at radius 1 is 1.19 bits per heavy atom. The normalized spacial score (nSPS) is 12.0. The maximum atomic E-state index is 13.5. The molecule has 2 N–H and O–H groups in total. The highest BCUT2D eigenvalue weighted by molar-refractivity contribution is 8.13. The van der Waals surface area contributed by atoms with Gasteiger partial charge in [0.25, 0.3) is 0 Å². The molecule has 0 spiro atoms. The van der Waals surface area contributed by atoms with Gasteiger partial charge in [-0.2, -0.15) is 5.10 Å². The minimum Gasteiger partial charge on any atom is -0.377 e. The molecule has 0 radical (unpaired) electrons. The smallest absolute Gasteiger partial charge is 0.180 e. The van der Waals surface area contributed by atoms with Gasteiger partial charge in [0.15, 0.2) is 5.17 Å². The number of nitrogens with two attached hydrogens (primary N) is 1. The zero-order chi connectivity index (χ0) is 19.3. The number of unbranched alkanes of at least 4 members (excludes halogenated alkanes) is 2. The predicted molar refractivity (Wildman–Crippen MR) is 113 cm³/mol. The number of amidine groups is 1. The summed E-state index contributed by atoms with van der Waals surface area (Å²) in [6.07, 6.45) is 4.86. The third-order valence-corrected chi connectivity index (χ3v) is 4.69. The third-order valence-electron chi connectivity index (χ3n) is 3.84. The van der Waals surface area contributed by atoms with E-state index >= 15 is 0 Å². The van der Waals surface area contributed by atoms with Crippen molar-refractivity contribution in [3.8, 4) is 0 Å². The van der Waals surface area contributed by atoms with E-state index in [-0.39, 0.29) is 5.82 Å². The molecule has 0 aromatic heterocycles. The molecule has 27 heavy (non-hydrogen) atoms. The lowest BCUT2D eigenvalue weighted by atomic mass is 10.1. The second kappa shape index (κ2) is 12.3. The Hall–Kier alpha value is -2.18. The average Bonchev–Trinajstić information content (AvgIpc) is 2.68. The van der Waals surface area contributed by atoms with Crippen LogP contribution in [0.1, 0.15) is 42.9 Å². The van der Waals surface area contributed by atoms with Crippen molar-refractivity contribution < 1.29 is 9.13 Å². The first-order valence-electron chi connectivity index (χ1n) is 9.08. The average molecular weight is 388 g/mol. The Balaban J connectivity index is 1.90. The fourth-order valence-corrected chi connectivity index (χ4v) is 2.98. The SMILES string of the molecule is CCCCCOCc1cc(F)ccc1C=NN=C(N)SCc1ccccc1. The van der Waals surface area contributed by atoms with Gasteiger partial charge in [0.2, 0.25) is 0 Å². The molecular weight excluding hydrogens is 361 g/mol. The van der Waals surface area contributed by atoms with E-state index in [0.717, 1.165) is 36.1 Å². The minimum absolute atomic E-state index is 0.291. The third kappa shape index (κ3) is 8.37. The highest BCUT2D eigenvalue weighted by atomic mass is 32.2. The maximum absolute atomic E-state index is 13.5. The topological polar surface area (TPSA) is 60.0 Å². The monoisotopic (exact) mass is 387 g/mol. The van der Waals surface area contributed by atoms with Crippen molar-refractivity contribution in [3.05, 3.63) is 71.0 Å². The fourth-order valence-electron chi connectivity index (χ4n) is 2.37. The Morgan fingerprint density at radius 2 is 2.00 bits per heavy atom. The number of ether oxygens (including phenoxy) is 1. The van der Waals surface area contributed by atoms with Crippen molar-refractivity contribution in [2.24, 2.45) is 15.9 Å². The fraction of sp³-hybridized carbons (Fsp3) is 0.333. The van der Waals surface area contributed by atoms with Crippen LogP contribution < -0.4 is 5.73 Å². The molecule has 0 bridgehead atoms. The molecule has 0 fully saturated rings. The molecular formula is C21H26FN3OS. The minimum atomic E-state index is -0.291. The summed E-state index contributed by atoms with van der Waals surface area (Å²) in [6, 6.07) is 14.6. The van der Waals surface area contributed by atoms with Crippen LogP contribution in [0.15, 0.2) is 58.7 Å². The van der Waals surface area contributed by atoms with E-state index in [1.54, 1.807) is 12.3 Å². The summed E-state index contributed by atoms with van der Waals surface area (Å²) in [5.41, 5.74) is 8.59. The van der Waals surface area contributed by atoms with Crippen LogP contribution in [-0.4, -0.2) is 18.0 Å². The van der Waals surface area contributed by atoms with Gasteiger partial charge in [-0.3, -0.25) is 0 Å². The standard InChI is InChI=1S/C21H26FN3OS/c1-2-3-7-12-26-15-19-13-20(22)11-10-18(19)14-24-25-21(23)27-16-17-8-5-4-6-9-17/h4-6,8-11,13-14H,2-3,7,12,15-16H2,1H3,(H2,23,25). The highest BCUT2D eigenvalue weighted by Crippen LogP contribution is 2.13. The van der Waals surface area contributed by atoms with E-state index in [4.69, 9.17) is 10.5 Å². The van der Waals surface area contributed by atoms with Crippen LogP contribution >= 0.6 is 11.8 Å². The van der Waals surface area contributed by atoms with Gasteiger partial charge in [-0.1, -0.05) is 67.9 Å². The largest absolute Gasteiger partial charge is 0.377 e. The zero-order valence-electron chi connectivity index (χ0n) is 15.6. The quantitative estimate of drug-likeness (QED) is 0.267. The Morgan fingerprint density at radius 3 is 2.78 bits per heavy atom. The van der Waals surface area contributed by atoms with Crippen LogP contribution in [0.4, 0.5) is 4.39 Å². The van der Waals surface area contributed by atoms with Gasteiger partial charge < -0.3 is 10.5 Å². The Bertz CT molecular complexity index is 750. The first kappa shape index (κ1) is 21.1. The maximum Gasteiger partial charge on any atom is 0.180 e. The van der Waals surface area contributed by atoms with Crippen molar-refractivity contribution >= 4 is 23.1 Å². The van der Waals surface area contributed by atoms with E-state index in [1.807, 2.05) is 30.3 Å². The molecule has 2 aromatic carbocycles. The molecule has 0 aliphatic heterocycles. The van der Waals surface area contributed by atoms with Gasteiger partial charge in [-0.05, 0) is 29.7 Å². The van der Waals surface area contributed by atoms with E-state index in [9.17, 15) is 4.39 Å². The molecule has 0 atom stereocenters.